The van der Waals surface area contributed by atoms with Crippen LogP contribution in [0.3, 0.4) is 0 Å². The molecule has 23 heavy (non-hydrogen) atoms. The normalized spacial score (nSPS) is 17.4. The number of carbonyl (C=O) groups excluding carboxylic acids is 2. The van der Waals surface area contributed by atoms with Crippen molar-refractivity contribution in [3.63, 3.8) is 0 Å². The smallest absolute Gasteiger partial charge is 0.229 e. The van der Waals surface area contributed by atoms with Gasteiger partial charge in [-0.3, -0.25) is 9.59 Å². The van der Waals surface area contributed by atoms with E-state index in [0.29, 0.717) is 17.3 Å². The standard InChI is InChI=1S/C18H17ClN2O2/c1-12-6-5-9-15(19)17(12)20-18(23)13-10-16(22)21(11-13)14-7-3-2-4-8-14/h2-9,13H,10-11H2,1H3,(H,20,23). The van der Waals surface area contributed by atoms with E-state index < -0.39 is 0 Å². The Hall–Kier alpha value is -2.33. The number of amides is 2. The number of rotatable bonds is 3. The molecule has 4 nitrogen and oxygen atoms in total. The molecule has 2 aromatic rings. The highest BCUT2D eigenvalue weighted by atomic mass is 35.5. The first-order chi connectivity index (χ1) is 11.1. The van der Waals surface area contributed by atoms with Crippen molar-refractivity contribution in [1.82, 2.24) is 0 Å². The average molecular weight is 329 g/mol. The summed E-state index contributed by atoms with van der Waals surface area (Å²) in [5.74, 6) is -0.585. The zero-order valence-electron chi connectivity index (χ0n) is 12.8. The van der Waals surface area contributed by atoms with E-state index in [-0.39, 0.29) is 24.2 Å². The van der Waals surface area contributed by atoms with Gasteiger partial charge in [0.15, 0.2) is 0 Å². The van der Waals surface area contributed by atoms with Crippen molar-refractivity contribution in [2.75, 3.05) is 16.8 Å². The van der Waals surface area contributed by atoms with Gasteiger partial charge in [0, 0.05) is 18.7 Å². The summed E-state index contributed by atoms with van der Waals surface area (Å²) in [6.45, 7) is 2.27. The lowest BCUT2D eigenvalue weighted by atomic mass is 10.1. The molecule has 2 amide bonds. The average Bonchev–Trinajstić information content (AvgIpc) is 2.94. The molecule has 0 aliphatic carbocycles. The second-order valence-electron chi connectivity index (χ2n) is 5.66. The van der Waals surface area contributed by atoms with Gasteiger partial charge in [-0.05, 0) is 30.7 Å². The Kier molecular flexibility index (Phi) is 4.35. The number of nitrogens with one attached hydrogen (secondary N) is 1. The molecule has 0 bridgehead atoms. The van der Waals surface area contributed by atoms with E-state index >= 15 is 0 Å². The molecule has 5 heteroatoms. The summed E-state index contributed by atoms with van der Waals surface area (Å²) in [5.41, 5.74) is 2.33. The van der Waals surface area contributed by atoms with Crippen molar-refractivity contribution in [2.24, 2.45) is 5.92 Å². The fraction of sp³-hybridized carbons (Fsp3) is 0.222. The maximum absolute atomic E-state index is 12.5. The fourth-order valence-electron chi connectivity index (χ4n) is 2.76. The van der Waals surface area contributed by atoms with Crippen LogP contribution >= 0.6 is 11.6 Å². The number of anilines is 2. The molecule has 1 saturated heterocycles. The maximum Gasteiger partial charge on any atom is 0.229 e. The molecule has 118 valence electrons. The van der Waals surface area contributed by atoms with Crippen LogP contribution in [-0.4, -0.2) is 18.4 Å². The number of benzene rings is 2. The summed E-state index contributed by atoms with van der Waals surface area (Å²) >= 11 is 6.14. The van der Waals surface area contributed by atoms with Gasteiger partial charge < -0.3 is 10.2 Å². The molecule has 1 aliphatic rings. The molecule has 1 aliphatic heterocycles. The van der Waals surface area contributed by atoms with E-state index in [4.69, 9.17) is 11.6 Å². The van der Waals surface area contributed by atoms with Gasteiger partial charge in [-0.2, -0.15) is 0 Å². The Morgan fingerprint density at radius 2 is 1.91 bits per heavy atom. The van der Waals surface area contributed by atoms with Crippen molar-refractivity contribution in [3.05, 3.63) is 59.1 Å². The van der Waals surface area contributed by atoms with Crippen LogP contribution in [0, 0.1) is 12.8 Å². The van der Waals surface area contributed by atoms with E-state index in [1.54, 1.807) is 11.0 Å². The Labute approximate surface area is 140 Å². The van der Waals surface area contributed by atoms with E-state index in [1.807, 2.05) is 49.4 Å². The summed E-state index contributed by atoms with van der Waals surface area (Å²) in [4.78, 5) is 26.3. The molecule has 1 atom stereocenters. The van der Waals surface area contributed by atoms with Crippen LogP contribution in [0.15, 0.2) is 48.5 Å². The van der Waals surface area contributed by atoms with Crippen molar-refractivity contribution in [3.8, 4) is 0 Å². The van der Waals surface area contributed by atoms with Crippen molar-refractivity contribution < 1.29 is 9.59 Å². The van der Waals surface area contributed by atoms with Gasteiger partial charge in [0.1, 0.15) is 0 Å². The molecule has 0 radical (unpaired) electrons. The van der Waals surface area contributed by atoms with Crippen LogP contribution in [0.2, 0.25) is 5.02 Å². The van der Waals surface area contributed by atoms with Gasteiger partial charge in [0.2, 0.25) is 11.8 Å². The number of hydrogen-bond acceptors (Lipinski definition) is 2. The van der Waals surface area contributed by atoms with Gasteiger partial charge in [0.05, 0.1) is 16.6 Å². The van der Waals surface area contributed by atoms with Gasteiger partial charge in [0.25, 0.3) is 0 Å². The third-order valence-electron chi connectivity index (χ3n) is 4.03. The van der Waals surface area contributed by atoms with Crippen LogP contribution in [0.4, 0.5) is 11.4 Å². The molecule has 3 rings (SSSR count). The summed E-state index contributed by atoms with van der Waals surface area (Å²) < 4.78 is 0. The predicted molar refractivity (Wildman–Crippen MR) is 91.7 cm³/mol. The van der Waals surface area contributed by atoms with E-state index in [0.717, 1.165) is 11.3 Å². The van der Waals surface area contributed by atoms with E-state index in [1.165, 1.54) is 0 Å². The summed E-state index contributed by atoms with van der Waals surface area (Å²) in [5, 5.41) is 3.37. The summed E-state index contributed by atoms with van der Waals surface area (Å²) in [7, 11) is 0. The number of hydrogen-bond donors (Lipinski definition) is 1. The van der Waals surface area contributed by atoms with Gasteiger partial charge in [-0.1, -0.05) is 41.9 Å². The highest BCUT2D eigenvalue weighted by Crippen LogP contribution is 2.29. The molecule has 1 N–H and O–H groups in total. The third kappa shape index (κ3) is 3.22. The predicted octanol–water partition coefficient (Wildman–Crippen LogP) is 3.64. The molecular weight excluding hydrogens is 312 g/mol. The second-order valence-corrected chi connectivity index (χ2v) is 6.07. The van der Waals surface area contributed by atoms with Crippen LogP contribution in [-0.2, 0) is 9.59 Å². The molecule has 1 heterocycles. The van der Waals surface area contributed by atoms with Crippen LogP contribution < -0.4 is 10.2 Å². The summed E-state index contributed by atoms with van der Waals surface area (Å²) in [6.07, 6.45) is 0.213. The summed E-state index contributed by atoms with van der Waals surface area (Å²) in [6, 6.07) is 14.9. The number of carbonyl (C=O) groups is 2. The molecule has 2 aromatic carbocycles. The third-order valence-corrected chi connectivity index (χ3v) is 4.35. The van der Waals surface area contributed by atoms with Crippen molar-refractivity contribution in [2.45, 2.75) is 13.3 Å². The zero-order chi connectivity index (χ0) is 16.4. The molecule has 0 aromatic heterocycles. The van der Waals surface area contributed by atoms with Crippen molar-refractivity contribution in [1.29, 1.82) is 0 Å². The Morgan fingerprint density at radius 1 is 1.17 bits per heavy atom. The topological polar surface area (TPSA) is 49.4 Å². The highest BCUT2D eigenvalue weighted by Gasteiger charge is 2.35. The minimum absolute atomic E-state index is 0.0350. The Morgan fingerprint density at radius 3 is 2.61 bits per heavy atom. The lowest BCUT2D eigenvalue weighted by molar-refractivity contribution is -0.122. The lowest BCUT2D eigenvalue weighted by Crippen LogP contribution is -2.28. The largest absolute Gasteiger partial charge is 0.324 e. The SMILES string of the molecule is Cc1cccc(Cl)c1NC(=O)C1CC(=O)N(c2ccccc2)C1. The Balaban J connectivity index is 1.73. The molecule has 0 saturated carbocycles. The molecular formula is C18H17ClN2O2. The maximum atomic E-state index is 12.5. The zero-order valence-corrected chi connectivity index (χ0v) is 13.5. The second kappa shape index (κ2) is 6.42. The first-order valence-corrected chi connectivity index (χ1v) is 7.85. The van der Waals surface area contributed by atoms with Crippen LogP contribution in [0.1, 0.15) is 12.0 Å². The monoisotopic (exact) mass is 328 g/mol. The van der Waals surface area contributed by atoms with E-state index in [9.17, 15) is 9.59 Å². The highest BCUT2D eigenvalue weighted by molar-refractivity contribution is 6.34. The number of para-hydroxylation sites is 2. The quantitative estimate of drug-likeness (QED) is 0.935. The first-order valence-electron chi connectivity index (χ1n) is 7.47. The number of aryl methyl sites for hydroxylation is 1. The number of nitrogens with zero attached hydrogens (tertiary/aromatic N) is 1. The van der Waals surface area contributed by atoms with Gasteiger partial charge >= 0.3 is 0 Å². The first kappa shape index (κ1) is 15.6. The fourth-order valence-corrected chi connectivity index (χ4v) is 3.03. The minimum Gasteiger partial charge on any atom is -0.324 e. The van der Waals surface area contributed by atoms with Gasteiger partial charge in [-0.25, -0.2) is 0 Å². The number of halogens is 1. The molecule has 1 fully saturated rings. The molecule has 0 spiro atoms. The van der Waals surface area contributed by atoms with Crippen molar-refractivity contribution >= 4 is 34.8 Å². The van der Waals surface area contributed by atoms with Crippen LogP contribution in [0.5, 0.6) is 0 Å². The lowest BCUT2D eigenvalue weighted by Gasteiger charge is -2.17. The van der Waals surface area contributed by atoms with Crippen LogP contribution in [0.25, 0.3) is 0 Å². The Bertz CT molecular complexity index is 726. The molecule has 1 unspecified atom stereocenters. The minimum atomic E-state index is -0.377. The van der Waals surface area contributed by atoms with Gasteiger partial charge in [-0.15, -0.1) is 0 Å². The van der Waals surface area contributed by atoms with E-state index in [2.05, 4.69) is 5.32 Å².